The highest BCUT2D eigenvalue weighted by Crippen LogP contribution is 2.25. The number of nitrogens with two attached hydrogens (primary N) is 1. The lowest BCUT2D eigenvalue weighted by Crippen LogP contribution is -2.41. The van der Waals surface area contributed by atoms with Gasteiger partial charge in [-0.2, -0.15) is 0 Å². The highest BCUT2D eigenvalue weighted by Gasteiger charge is 2.32. The Bertz CT molecular complexity index is 478. The SMILES string of the molecule is CC(C)(C)OC(=O)N1Cc2[nH]c(CN)nc2C(O)C1. The number of H-pyrrole nitrogens is 1. The molecule has 19 heavy (non-hydrogen) atoms. The molecule has 0 saturated carbocycles. The van der Waals surface area contributed by atoms with Crippen LogP contribution < -0.4 is 5.73 Å². The predicted octanol–water partition coefficient (Wildman–Crippen LogP) is 0.653. The highest BCUT2D eigenvalue weighted by molar-refractivity contribution is 5.68. The zero-order valence-electron chi connectivity index (χ0n) is 11.4. The molecule has 2 rings (SSSR count). The fourth-order valence-electron chi connectivity index (χ4n) is 1.99. The van der Waals surface area contributed by atoms with E-state index in [0.717, 1.165) is 0 Å². The summed E-state index contributed by atoms with van der Waals surface area (Å²) in [6.07, 6.45) is -1.26. The van der Waals surface area contributed by atoms with Gasteiger partial charge in [0.1, 0.15) is 17.5 Å². The first-order valence-corrected chi connectivity index (χ1v) is 6.24. The van der Waals surface area contributed by atoms with Gasteiger partial charge in [-0.15, -0.1) is 0 Å². The second-order valence-corrected chi connectivity index (χ2v) is 5.63. The van der Waals surface area contributed by atoms with Gasteiger partial charge in [0.25, 0.3) is 0 Å². The van der Waals surface area contributed by atoms with E-state index < -0.39 is 17.8 Å². The van der Waals surface area contributed by atoms with Gasteiger partial charge >= 0.3 is 6.09 Å². The minimum absolute atomic E-state index is 0.177. The molecule has 1 amide bonds. The molecule has 1 aromatic rings. The summed E-state index contributed by atoms with van der Waals surface area (Å²) in [7, 11) is 0. The number of aromatic nitrogens is 2. The van der Waals surface area contributed by atoms with Gasteiger partial charge in [-0.3, -0.25) is 4.90 Å². The van der Waals surface area contributed by atoms with Gasteiger partial charge in [-0.25, -0.2) is 9.78 Å². The van der Waals surface area contributed by atoms with Crippen molar-refractivity contribution in [3.8, 4) is 0 Å². The van der Waals surface area contributed by atoms with Crippen LogP contribution in [0.5, 0.6) is 0 Å². The van der Waals surface area contributed by atoms with Crippen molar-refractivity contribution in [1.82, 2.24) is 14.9 Å². The molecule has 1 aliphatic rings. The minimum Gasteiger partial charge on any atom is -0.444 e. The van der Waals surface area contributed by atoms with Crippen LogP contribution in [0.3, 0.4) is 0 Å². The van der Waals surface area contributed by atoms with E-state index in [0.29, 0.717) is 23.8 Å². The summed E-state index contributed by atoms with van der Waals surface area (Å²) in [5, 5.41) is 10.0. The third-order valence-corrected chi connectivity index (χ3v) is 2.76. The fraction of sp³-hybridized carbons (Fsp3) is 0.667. The number of aromatic amines is 1. The van der Waals surface area contributed by atoms with E-state index in [1.54, 1.807) is 20.8 Å². The Morgan fingerprint density at radius 2 is 2.32 bits per heavy atom. The van der Waals surface area contributed by atoms with Gasteiger partial charge in [0.15, 0.2) is 0 Å². The molecular formula is C12H20N4O3. The Hall–Kier alpha value is -1.60. The molecule has 1 aromatic heterocycles. The van der Waals surface area contributed by atoms with Crippen LogP contribution in [0.4, 0.5) is 4.79 Å². The minimum atomic E-state index is -0.812. The third kappa shape index (κ3) is 3.05. The van der Waals surface area contributed by atoms with Crippen molar-refractivity contribution in [3.63, 3.8) is 0 Å². The molecule has 0 bridgehead atoms. The molecule has 7 nitrogen and oxygen atoms in total. The van der Waals surface area contributed by atoms with Crippen LogP contribution in [0, 0.1) is 0 Å². The monoisotopic (exact) mass is 268 g/mol. The number of hydrogen-bond donors (Lipinski definition) is 3. The number of hydrogen-bond acceptors (Lipinski definition) is 5. The number of β-amino-alcohol motifs (C(OH)–C–C–N with tert-alkyl or cyclic N) is 1. The van der Waals surface area contributed by atoms with Gasteiger partial charge in [-0.05, 0) is 20.8 Å². The van der Waals surface area contributed by atoms with Crippen molar-refractivity contribution in [3.05, 3.63) is 17.2 Å². The van der Waals surface area contributed by atoms with Crippen molar-refractivity contribution in [2.75, 3.05) is 6.54 Å². The van der Waals surface area contributed by atoms with Gasteiger partial charge in [0.2, 0.25) is 0 Å². The molecular weight excluding hydrogens is 248 g/mol. The number of carbonyl (C=O) groups excluding carboxylic acids is 1. The van der Waals surface area contributed by atoms with Gasteiger partial charge in [-0.1, -0.05) is 0 Å². The van der Waals surface area contributed by atoms with Crippen LogP contribution >= 0.6 is 0 Å². The van der Waals surface area contributed by atoms with Gasteiger partial charge in [0.05, 0.1) is 31.0 Å². The van der Waals surface area contributed by atoms with Crippen molar-refractivity contribution in [1.29, 1.82) is 0 Å². The summed E-state index contributed by atoms with van der Waals surface area (Å²) >= 11 is 0. The number of carbonyl (C=O) groups is 1. The highest BCUT2D eigenvalue weighted by atomic mass is 16.6. The van der Waals surface area contributed by atoms with Gasteiger partial charge in [0, 0.05) is 0 Å². The third-order valence-electron chi connectivity index (χ3n) is 2.76. The number of nitrogens with one attached hydrogen (secondary N) is 1. The van der Waals surface area contributed by atoms with Crippen molar-refractivity contribution in [2.24, 2.45) is 5.73 Å². The van der Waals surface area contributed by atoms with Crippen molar-refractivity contribution >= 4 is 6.09 Å². The van der Waals surface area contributed by atoms with Crippen LogP contribution in [0.1, 0.15) is 44.1 Å². The van der Waals surface area contributed by atoms with E-state index >= 15 is 0 Å². The van der Waals surface area contributed by atoms with Crippen LogP contribution in [0.25, 0.3) is 0 Å². The first-order chi connectivity index (χ1) is 8.80. The molecule has 0 aromatic carbocycles. The van der Waals surface area contributed by atoms with Crippen LogP contribution in [0.15, 0.2) is 0 Å². The van der Waals surface area contributed by atoms with Crippen LogP contribution in [-0.2, 0) is 17.8 Å². The Balaban J connectivity index is 2.14. The molecule has 1 unspecified atom stereocenters. The van der Waals surface area contributed by atoms with E-state index in [9.17, 15) is 9.90 Å². The summed E-state index contributed by atoms with van der Waals surface area (Å²) < 4.78 is 5.29. The van der Waals surface area contributed by atoms with Crippen molar-refractivity contribution < 1.29 is 14.6 Å². The second-order valence-electron chi connectivity index (χ2n) is 5.63. The molecule has 0 aliphatic carbocycles. The number of imidazole rings is 1. The molecule has 4 N–H and O–H groups in total. The van der Waals surface area contributed by atoms with E-state index in [4.69, 9.17) is 10.5 Å². The number of rotatable bonds is 1. The first-order valence-electron chi connectivity index (χ1n) is 6.24. The normalized spacial score (nSPS) is 19.2. The van der Waals surface area contributed by atoms with Crippen LogP contribution in [-0.4, -0.2) is 38.2 Å². The van der Waals surface area contributed by atoms with E-state index in [1.807, 2.05) is 0 Å². The molecule has 2 heterocycles. The predicted molar refractivity (Wildman–Crippen MR) is 68.1 cm³/mol. The standard InChI is InChI=1S/C12H20N4O3/c1-12(2,3)19-11(18)16-5-7-10(8(17)6-16)15-9(4-13)14-7/h8,17H,4-6,13H2,1-3H3,(H,14,15). The summed E-state index contributed by atoms with van der Waals surface area (Å²) in [6.45, 7) is 6.20. The molecule has 1 aliphatic heterocycles. The Morgan fingerprint density at radius 1 is 1.63 bits per heavy atom. The van der Waals surface area contributed by atoms with Crippen LogP contribution in [0.2, 0.25) is 0 Å². The Kier molecular flexibility index (Phi) is 3.51. The number of amides is 1. The lowest BCUT2D eigenvalue weighted by atomic mass is 10.1. The quantitative estimate of drug-likeness (QED) is 0.693. The molecule has 0 radical (unpaired) electrons. The lowest BCUT2D eigenvalue weighted by Gasteiger charge is -2.31. The van der Waals surface area contributed by atoms with E-state index in [1.165, 1.54) is 4.90 Å². The molecule has 0 spiro atoms. The summed E-state index contributed by atoms with van der Waals surface area (Å²) in [5.41, 5.74) is 6.23. The number of nitrogens with zero attached hydrogens (tertiary/aromatic N) is 2. The first kappa shape index (κ1) is 13.8. The topological polar surface area (TPSA) is 104 Å². The summed E-state index contributed by atoms with van der Waals surface area (Å²) in [4.78, 5) is 20.7. The van der Waals surface area contributed by atoms with E-state index in [2.05, 4.69) is 9.97 Å². The second kappa shape index (κ2) is 4.82. The summed E-state index contributed by atoms with van der Waals surface area (Å²) in [5.74, 6) is 0.607. The zero-order chi connectivity index (χ0) is 14.2. The smallest absolute Gasteiger partial charge is 0.410 e. The maximum atomic E-state index is 12.0. The average molecular weight is 268 g/mol. The molecule has 106 valence electrons. The molecule has 0 saturated heterocycles. The molecule has 7 heteroatoms. The zero-order valence-corrected chi connectivity index (χ0v) is 11.4. The maximum Gasteiger partial charge on any atom is 0.410 e. The Labute approximate surface area is 111 Å². The number of fused-ring (bicyclic) bond motifs is 1. The fourth-order valence-corrected chi connectivity index (χ4v) is 1.99. The largest absolute Gasteiger partial charge is 0.444 e. The van der Waals surface area contributed by atoms with Gasteiger partial charge < -0.3 is 20.6 Å². The number of aliphatic hydroxyl groups excluding tert-OH is 1. The number of ether oxygens (including phenoxy) is 1. The average Bonchev–Trinajstić information content (AvgIpc) is 2.70. The lowest BCUT2D eigenvalue weighted by molar-refractivity contribution is 0.00740. The molecule has 0 fully saturated rings. The van der Waals surface area contributed by atoms with Crippen molar-refractivity contribution in [2.45, 2.75) is 45.6 Å². The van der Waals surface area contributed by atoms with E-state index in [-0.39, 0.29) is 13.1 Å². The maximum absolute atomic E-state index is 12.0. The molecule has 1 atom stereocenters. The number of aliphatic hydroxyl groups is 1. The Morgan fingerprint density at radius 3 is 2.89 bits per heavy atom. The summed E-state index contributed by atoms with van der Waals surface area (Å²) in [6, 6.07) is 0.